The van der Waals surface area contributed by atoms with Gasteiger partial charge in [-0.3, -0.25) is 4.79 Å². The highest BCUT2D eigenvalue weighted by molar-refractivity contribution is 5.77. The molecule has 1 fully saturated rings. The fourth-order valence-electron chi connectivity index (χ4n) is 2.21. The van der Waals surface area contributed by atoms with Crippen molar-refractivity contribution in [1.82, 2.24) is 25.5 Å². The molecule has 2 heterocycles. The number of benzene rings is 1. The first-order valence-electron chi connectivity index (χ1n) is 7.16. The molecule has 1 aliphatic rings. The van der Waals surface area contributed by atoms with Crippen LogP contribution in [-0.4, -0.2) is 52.0 Å². The predicted molar refractivity (Wildman–Crippen MR) is 76.6 cm³/mol. The second kappa shape index (κ2) is 6.99. The summed E-state index contributed by atoms with van der Waals surface area (Å²) in [4.78, 5) is 11.7. The maximum absolute atomic E-state index is 11.7. The molecule has 8 nitrogen and oxygen atoms in total. The Morgan fingerprint density at radius 1 is 1.41 bits per heavy atom. The summed E-state index contributed by atoms with van der Waals surface area (Å²) in [5.74, 6) is 0.462. The minimum absolute atomic E-state index is 0.0169. The van der Waals surface area contributed by atoms with Gasteiger partial charge in [0.2, 0.25) is 0 Å². The maximum Gasteiger partial charge on any atom is 0.258 e. The van der Waals surface area contributed by atoms with Crippen LogP contribution in [0.1, 0.15) is 12.8 Å². The van der Waals surface area contributed by atoms with Gasteiger partial charge in [-0.25, -0.2) is 4.68 Å². The van der Waals surface area contributed by atoms with Gasteiger partial charge in [0.25, 0.3) is 5.91 Å². The molecule has 8 heteroatoms. The number of nitrogens with one attached hydrogen (secondary N) is 1. The topological polar surface area (TPSA) is 91.2 Å². The first-order valence-corrected chi connectivity index (χ1v) is 7.16. The fraction of sp³-hybridized carbons (Fsp3) is 0.429. The molecule has 0 spiro atoms. The number of hydrogen-bond donors (Lipinski definition) is 1. The lowest BCUT2D eigenvalue weighted by atomic mass is 10.2. The van der Waals surface area contributed by atoms with E-state index in [1.165, 1.54) is 11.0 Å². The van der Waals surface area contributed by atoms with Crippen LogP contribution in [0.15, 0.2) is 30.6 Å². The SMILES string of the molecule is O=C(COc1ccc(-n2cnnn2)cc1)NCC1CCCO1. The summed E-state index contributed by atoms with van der Waals surface area (Å²) in [6, 6.07) is 7.17. The molecule has 1 N–H and O–H groups in total. The monoisotopic (exact) mass is 303 g/mol. The minimum atomic E-state index is -0.153. The van der Waals surface area contributed by atoms with Crippen molar-refractivity contribution in [3.05, 3.63) is 30.6 Å². The van der Waals surface area contributed by atoms with Crippen LogP contribution in [0, 0.1) is 0 Å². The summed E-state index contributed by atoms with van der Waals surface area (Å²) < 4.78 is 12.4. The molecule has 0 bridgehead atoms. The maximum atomic E-state index is 11.7. The first-order chi connectivity index (χ1) is 10.8. The zero-order valence-electron chi connectivity index (χ0n) is 12.0. The van der Waals surface area contributed by atoms with E-state index in [2.05, 4.69) is 20.8 Å². The second-order valence-electron chi connectivity index (χ2n) is 4.98. The van der Waals surface area contributed by atoms with Crippen LogP contribution in [0.4, 0.5) is 0 Å². The van der Waals surface area contributed by atoms with Gasteiger partial charge in [-0.15, -0.1) is 5.10 Å². The van der Waals surface area contributed by atoms with E-state index in [1.54, 1.807) is 12.1 Å². The number of hydrogen-bond acceptors (Lipinski definition) is 6. The van der Waals surface area contributed by atoms with Gasteiger partial charge < -0.3 is 14.8 Å². The van der Waals surface area contributed by atoms with Crippen molar-refractivity contribution in [2.24, 2.45) is 0 Å². The number of tetrazole rings is 1. The van der Waals surface area contributed by atoms with Gasteiger partial charge >= 0.3 is 0 Å². The number of ether oxygens (including phenoxy) is 2. The van der Waals surface area contributed by atoms with Crippen molar-refractivity contribution in [1.29, 1.82) is 0 Å². The van der Waals surface area contributed by atoms with Crippen LogP contribution >= 0.6 is 0 Å². The molecule has 1 aromatic carbocycles. The van der Waals surface area contributed by atoms with Gasteiger partial charge in [-0.2, -0.15) is 0 Å². The fourth-order valence-corrected chi connectivity index (χ4v) is 2.21. The van der Waals surface area contributed by atoms with E-state index in [9.17, 15) is 4.79 Å². The van der Waals surface area contributed by atoms with E-state index in [0.29, 0.717) is 12.3 Å². The predicted octanol–water partition coefficient (Wildman–Crippen LogP) is 0.336. The zero-order chi connectivity index (χ0) is 15.2. The zero-order valence-corrected chi connectivity index (χ0v) is 12.0. The van der Waals surface area contributed by atoms with Crippen molar-refractivity contribution in [3.8, 4) is 11.4 Å². The van der Waals surface area contributed by atoms with E-state index >= 15 is 0 Å². The molecule has 22 heavy (non-hydrogen) atoms. The lowest BCUT2D eigenvalue weighted by Gasteiger charge is -2.11. The molecule has 3 rings (SSSR count). The Morgan fingerprint density at radius 3 is 2.95 bits per heavy atom. The highest BCUT2D eigenvalue weighted by atomic mass is 16.5. The molecule has 116 valence electrons. The third kappa shape index (κ3) is 3.79. The van der Waals surface area contributed by atoms with Crippen LogP contribution in [0.2, 0.25) is 0 Å². The van der Waals surface area contributed by atoms with E-state index < -0.39 is 0 Å². The third-order valence-electron chi connectivity index (χ3n) is 3.37. The van der Waals surface area contributed by atoms with Crippen molar-refractivity contribution in [2.75, 3.05) is 19.8 Å². The highest BCUT2D eigenvalue weighted by Gasteiger charge is 2.16. The number of carbonyl (C=O) groups excluding carboxylic acids is 1. The molecule has 2 aromatic rings. The third-order valence-corrected chi connectivity index (χ3v) is 3.37. The van der Waals surface area contributed by atoms with Gasteiger partial charge in [0.15, 0.2) is 6.61 Å². The van der Waals surface area contributed by atoms with Crippen molar-refractivity contribution in [3.63, 3.8) is 0 Å². The normalized spacial score (nSPS) is 17.4. The average molecular weight is 303 g/mol. The highest BCUT2D eigenvalue weighted by Crippen LogP contribution is 2.14. The smallest absolute Gasteiger partial charge is 0.258 e. The van der Waals surface area contributed by atoms with E-state index in [4.69, 9.17) is 9.47 Å². The van der Waals surface area contributed by atoms with Crippen LogP contribution < -0.4 is 10.1 Å². The Kier molecular flexibility index (Phi) is 4.59. The first kappa shape index (κ1) is 14.5. The summed E-state index contributed by atoms with van der Waals surface area (Å²) in [5.41, 5.74) is 0.820. The molecule has 1 saturated heterocycles. The van der Waals surface area contributed by atoms with Crippen LogP contribution in [0.25, 0.3) is 5.69 Å². The minimum Gasteiger partial charge on any atom is -0.484 e. The van der Waals surface area contributed by atoms with E-state index in [-0.39, 0.29) is 18.6 Å². The number of nitrogens with zero attached hydrogens (tertiary/aromatic N) is 4. The Morgan fingerprint density at radius 2 is 2.27 bits per heavy atom. The molecule has 1 atom stereocenters. The van der Waals surface area contributed by atoms with Crippen LogP contribution in [-0.2, 0) is 9.53 Å². The summed E-state index contributed by atoms with van der Waals surface area (Å²) in [6.07, 6.45) is 3.71. The molecule has 1 unspecified atom stereocenters. The van der Waals surface area contributed by atoms with Gasteiger partial charge in [0.1, 0.15) is 12.1 Å². The molecule has 1 aromatic heterocycles. The van der Waals surface area contributed by atoms with E-state index in [0.717, 1.165) is 25.1 Å². The summed E-state index contributed by atoms with van der Waals surface area (Å²) in [7, 11) is 0. The van der Waals surface area contributed by atoms with Crippen molar-refractivity contribution < 1.29 is 14.3 Å². The van der Waals surface area contributed by atoms with Gasteiger partial charge in [0.05, 0.1) is 11.8 Å². The number of amides is 1. The Hall–Kier alpha value is -2.48. The number of aromatic nitrogens is 4. The average Bonchev–Trinajstić information content (AvgIpc) is 3.24. The molecular formula is C14H17N5O3. The van der Waals surface area contributed by atoms with Crippen molar-refractivity contribution >= 4 is 5.91 Å². The van der Waals surface area contributed by atoms with Gasteiger partial charge in [-0.1, -0.05) is 0 Å². The molecule has 0 saturated carbocycles. The second-order valence-corrected chi connectivity index (χ2v) is 4.98. The Bertz CT molecular complexity index is 593. The lowest BCUT2D eigenvalue weighted by molar-refractivity contribution is -0.123. The summed E-state index contributed by atoms with van der Waals surface area (Å²) in [6.45, 7) is 1.31. The van der Waals surface area contributed by atoms with Crippen LogP contribution in [0.3, 0.4) is 0 Å². The standard InChI is InChI=1S/C14H17N5O3/c20-14(15-8-13-2-1-7-21-13)9-22-12-5-3-11(4-6-12)19-10-16-17-18-19/h3-6,10,13H,1-2,7-9H2,(H,15,20). The van der Waals surface area contributed by atoms with Gasteiger partial charge in [-0.05, 0) is 47.5 Å². The lowest BCUT2D eigenvalue weighted by Crippen LogP contribution is -2.35. The Balaban J connectivity index is 1.43. The van der Waals surface area contributed by atoms with E-state index in [1.807, 2.05) is 12.1 Å². The molecule has 0 radical (unpaired) electrons. The molecule has 1 aliphatic heterocycles. The largest absolute Gasteiger partial charge is 0.484 e. The molecule has 1 amide bonds. The Labute approximate surface area is 127 Å². The van der Waals surface area contributed by atoms with Gasteiger partial charge in [0, 0.05) is 13.2 Å². The molecule has 0 aliphatic carbocycles. The number of rotatable bonds is 6. The summed E-state index contributed by atoms with van der Waals surface area (Å²) >= 11 is 0. The number of carbonyl (C=O) groups is 1. The quantitative estimate of drug-likeness (QED) is 0.827. The summed E-state index contributed by atoms with van der Waals surface area (Å²) in [5, 5.41) is 13.7. The molecular weight excluding hydrogens is 286 g/mol. The van der Waals surface area contributed by atoms with Crippen molar-refractivity contribution in [2.45, 2.75) is 18.9 Å². The van der Waals surface area contributed by atoms with Crippen LogP contribution in [0.5, 0.6) is 5.75 Å².